The van der Waals surface area contributed by atoms with Crippen LogP contribution in [0, 0.1) is 0 Å². The summed E-state index contributed by atoms with van der Waals surface area (Å²) in [7, 11) is 0. The molecule has 0 aromatic heterocycles. The van der Waals surface area contributed by atoms with Crippen molar-refractivity contribution in [2.24, 2.45) is 0 Å². The van der Waals surface area contributed by atoms with Gasteiger partial charge in [-0.15, -0.1) is 0 Å². The Morgan fingerprint density at radius 2 is 1.81 bits per heavy atom. The molecule has 0 aliphatic rings. The average molecular weight is 356 g/mol. The van der Waals surface area contributed by atoms with Gasteiger partial charge in [0.2, 0.25) is 5.91 Å². The summed E-state index contributed by atoms with van der Waals surface area (Å²) in [5.41, 5.74) is 1.51. The highest BCUT2D eigenvalue weighted by Crippen LogP contribution is 2.25. The molecule has 2 aromatic carbocycles. The van der Waals surface area contributed by atoms with Crippen LogP contribution in [0.25, 0.3) is 0 Å². The van der Waals surface area contributed by atoms with Crippen molar-refractivity contribution in [1.29, 1.82) is 0 Å². The van der Waals surface area contributed by atoms with Gasteiger partial charge in [-0.3, -0.25) is 4.79 Å². The van der Waals surface area contributed by atoms with E-state index in [4.69, 9.17) is 9.47 Å². The Morgan fingerprint density at radius 3 is 2.54 bits per heavy atom. The summed E-state index contributed by atoms with van der Waals surface area (Å²) < 4.78 is 11.5. The molecule has 2 aromatic rings. The molecular formula is C21H28N2O3. The first-order chi connectivity index (χ1) is 12.5. The maximum atomic E-state index is 12.3. The van der Waals surface area contributed by atoms with Gasteiger partial charge < -0.3 is 20.1 Å². The summed E-state index contributed by atoms with van der Waals surface area (Å²) in [5.74, 6) is 1.32. The van der Waals surface area contributed by atoms with E-state index in [2.05, 4.69) is 17.6 Å². The first-order valence-electron chi connectivity index (χ1n) is 9.04. The molecule has 140 valence electrons. The molecule has 0 radical (unpaired) electrons. The lowest BCUT2D eigenvalue weighted by Gasteiger charge is -2.15. The Morgan fingerprint density at radius 1 is 1.04 bits per heavy atom. The number of carbonyl (C=O) groups excluding carboxylic acids is 1. The average Bonchev–Trinajstić information content (AvgIpc) is 2.61. The van der Waals surface area contributed by atoms with Crippen molar-refractivity contribution >= 4 is 17.3 Å². The Kier molecular flexibility index (Phi) is 7.33. The molecule has 0 aliphatic heterocycles. The third-order valence-corrected chi connectivity index (χ3v) is 3.72. The van der Waals surface area contributed by atoms with E-state index in [1.165, 1.54) is 0 Å². The van der Waals surface area contributed by atoms with Crippen LogP contribution in [0.3, 0.4) is 0 Å². The molecule has 5 heteroatoms. The van der Waals surface area contributed by atoms with E-state index >= 15 is 0 Å². The van der Waals surface area contributed by atoms with Crippen LogP contribution in [-0.2, 0) is 4.79 Å². The van der Waals surface area contributed by atoms with E-state index in [9.17, 15) is 4.79 Å². The standard InChI is InChI=1S/C21H28N2O3/c1-5-16(4)26-18-10-8-9-17(13-18)22-14-21(24)23-19-11-6-7-12-20(19)25-15(2)3/h6-13,15-16,22H,5,14H2,1-4H3,(H,23,24). The molecule has 1 amide bonds. The number of carbonyl (C=O) groups is 1. The molecule has 1 unspecified atom stereocenters. The maximum absolute atomic E-state index is 12.3. The number of hydrogen-bond donors (Lipinski definition) is 2. The van der Waals surface area contributed by atoms with Crippen molar-refractivity contribution in [2.75, 3.05) is 17.2 Å². The van der Waals surface area contributed by atoms with Crippen LogP contribution in [0.2, 0.25) is 0 Å². The Bertz CT molecular complexity index is 716. The van der Waals surface area contributed by atoms with Crippen molar-refractivity contribution in [1.82, 2.24) is 0 Å². The number of anilines is 2. The summed E-state index contributed by atoms with van der Waals surface area (Å²) in [6.07, 6.45) is 1.14. The number of ether oxygens (including phenoxy) is 2. The van der Waals surface area contributed by atoms with Crippen molar-refractivity contribution in [3.8, 4) is 11.5 Å². The van der Waals surface area contributed by atoms with Gasteiger partial charge in [0.05, 0.1) is 24.4 Å². The van der Waals surface area contributed by atoms with Crippen LogP contribution in [0.4, 0.5) is 11.4 Å². The Balaban J connectivity index is 1.92. The van der Waals surface area contributed by atoms with E-state index in [0.717, 1.165) is 17.9 Å². The molecule has 5 nitrogen and oxygen atoms in total. The summed E-state index contributed by atoms with van der Waals surface area (Å²) in [4.78, 5) is 12.3. The smallest absolute Gasteiger partial charge is 0.243 e. The molecular weight excluding hydrogens is 328 g/mol. The fraction of sp³-hybridized carbons (Fsp3) is 0.381. The van der Waals surface area contributed by atoms with E-state index in [1.54, 1.807) is 0 Å². The molecule has 0 spiro atoms. The number of nitrogens with one attached hydrogen (secondary N) is 2. The van der Waals surface area contributed by atoms with Gasteiger partial charge in [0, 0.05) is 11.8 Å². The zero-order chi connectivity index (χ0) is 18.9. The Labute approximate surface area is 155 Å². The van der Waals surface area contributed by atoms with Gasteiger partial charge in [-0.05, 0) is 51.5 Å². The molecule has 26 heavy (non-hydrogen) atoms. The zero-order valence-electron chi connectivity index (χ0n) is 15.9. The minimum Gasteiger partial charge on any atom is -0.491 e. The number of amides is 1. The minimum absolute atomic E-state index is 0.0411. The molecule has 0 fully saturated rings. The van der Waals surface area contributed by atoms with Crippen molar-refractivity contribution in [3.05, 3.63) is 48.5 Å². The van der Waals surface area contributed by atoms with Crippen LogP contribution in [-0.4, -0.2) is 24.7 Å². The molecule has 2 N–H and O–H groups in total. The highest BCUT2D eigenvalue weighted by atomic mass is 16.5. The fourth-order valence-corrected chi connectivity index (χ4v) is 2.30. The predicted octanol–water partition coefficient (Wildman–Crippen LogP) is 4.70. The molecule has 2 rings (SSSR count). The lowest BCUT2D eigenvalue weighted by molar-refractivity contribution is -0.114. The second-order valence-corrected chi connectivity index (χ2v) is 6.43. The maximum Gasteiger partial charge on any atom is 0.243 e. The molecule has 0 heterocycles. The summed E-state index contributed by atoms with van der Waals surface area (Å²) >= 11 is 0. The monoisotopic (exact) mass is 356 g/mol. The van der Waals surface area contributed by atoms with Crippen LogP contribution < -0.4 is 20.1 Å². The van der Waals surface area contributed by atoms with Gasteiger partial charge in [-0.25, -0.2) is 0 Å². The number of benzene rings is 2. The van der Waals surface area contributed by atoms with Crippen LogP contribution >= 0.6 is 0 Å². The van der Waals surface area contributed by atoms with Gasteiger partial charge in [-0.2, -0.15) is 0 Å². The van der Waals surface area contributed by atoms with E-state index < -0.39 is 0 Å². The highest BCUT2D eigenvalue weighted by molar-refractivity contribution is 5.95. The first-order valence-corrected chi connectivity index (χ1v) is 9.04. The van der Waals surface area contributed by atoms with Crippen LogP contribution in [0.15, 0.2) is 48.5 Å². The van der Waals surface area contributed by atoms with Crippen molar-refractivity contribution in [3.63, 3.8) is 0 Å². The minimum atomic E-state index is -0.141. The van der Waals surface area contributed by atoms with Crippen molar-refractivity contribution in [2.45, 2.75) is 46.3 Å². The summed E-state index contributed by atoms with van der Waals surface area (Å²) in [5, 5.41) is 6.01. The SMILES string of the molecule is CCC(C)Oc1cccc(NCC(=O)Nc2ccccc2OC(C)C)c1. The second-order valence-electron chi connectivity index (χ2n) is 6.43. The summed E-state index contributed by atoms with van der Waals surface area (Å²) in [6.45, 7) is 8.17. The molecule has 0 saturated heterocycles. The van der Waals surface area contributed by atoms with Gasteiger partial charge in [0.1, 0.15) is 11.5 Å². The first kappa shape index (κ1) is 19.6. The van der Waals surface area contributed by atoms with Gasteiger partial charge in [-0.1, -0.05) is 25.1 Å². The topological polar surface area (TPSA) is 59.6 Å². The predicted molar refractivity (Wildman–Crippen MR) is 106 cm³/mol. The van der Waals surface area contributed by atoms with Crippen molar-refractivity contribution < 1.29 is 14.3 Å². The zero-order valence-corrected chi connectivity index (χ0v) is 15.9. The quantitative estimate of drug-likeness (QED) is 0.684. The van der Waals surface area contributed by atoms with Crippen LogP contribution in [0.1, 0.15) is 34.1 Å². The van der Waals surface area contributed by atoms with E-state index in [0.29, 0.717) is 11.4 Å². The van der Waals surface area contributed by atoms with Gasteiger partial charge >= 0.3 is 0 Å². The number of rotatable bonds is 9. The lowest BCUT2D eigenvalue weighted by atomic mass is 10.2. The number of hydrogen-bond acceptors (Lipinski definition) is 4. The highest BCUT2D eigenvalue weighted by Gasteiger charge is 2.09. The Hall–Kier alpha value is -2.69. The third kappa shape index (κ3) is 6.31. The van der Waals surface area contributed by atoms with E-state index in [-0.39, 0.29) is 24.7 Å². The van der Waals surface area contributed by atoms with E-state index in [1.807, 2.05) is 69.3 Å². The van der Waals surface area contributed by atoms with Gasteiger partial charge in [0.15, 0.2) is 0 Å². The molecule has 1 atom stereocenters. The molecule has 0 saturated carbocycles. The van der Waals surface area contributed by atoms with Crippen LogP contribution in [0.5, 0.6) is 11.5 Å². The molecule has 0 bridgehead atoms. The third-order valence-electron chi connectivity index (χ3n) is 3.72. The molecule has 0 aliphatic carbocycles. The normalized spacial score (nSPS) is 11.7. The second kappa shape index (κ2) is 9.70. The largest absolute Gasteiger partial charge is 0.491 e. The fourth-order valence-electron chi connectivity index (χ4n) is 2.30. The number of para-hydroxylation sites is 2. The lowest BCUT2D eigenvalue weighted by Crippen LogP contribution is -2.22. The summed E-state index contributed by atoms with van der Waals surface area (Å²) in [6, 6.07) is 15.1. The van der Waals surface area contributed by atoms with Gasteiger partial charge in [0.25, 0.3) is 0 Å².